The van der Waals surface area contributed by atoms with Gasteiger partial charge in [-0.1, -0.05) is 0 Å². The summed E-state index contributed by atoms with van der Waals surface area (Å²) in [5, 5.41) is 10.6. The number of ether oxygens (including phenoxy) is 2. The second-order valence-electron chi connectivity index (χ2n) is 4.43. The van der Waals surface area contributed by atoms with Gasteiger partial charge in [0, 0.05) is 17.7 Å². The number of carbonyl (C=O) groups is 2. The Bertz CT molecular complexity index is 721. The van der Waals surface area contributed by atoms with Crippen LogP contribution in [0.5, 0.6) is 11.5 Å². The molecule has 0 N–H and O–H groups in total. The van der Waals surface area contributed by atoms with Crippen molar-refractivity contribution in [3.8, 4) is 11.5 Å². The lowest BCUT2D eigenvalue weighted by molar-refractivity contribution is -0.384. The van der Waals surface area contributed by atoms with Crippen LogP contribution in [-0.2, 0) is 9.53 Å². The molecule has 0 amide bonds. The molecule has 0 aliphatic heterocycles. The number of nitro groups is 1. The highest BCUT2D eigenvalue weighted by atomic mass is 16.6. The minimum atomic E-state index is -0.906. The van der Waals surface area contributed by atoms with Crippen LogP contribution in [0.25, 0.3) is 0 Å². The van der Waals surface area contributed by atoms with E-state index in [1.165, 1.54) is 48.5 Å². The average Bonchev–Trinajstić information content (AvgIpc) is 2.55. The zero-order valence-electron chi connectivity index (χ0n) is 12.2. The maximum absolute atomic E-state index is 11.7. The van der Waals surface area contributed by atoms with E-state index in [0.29, 0.717) is 11.5 Å². The molecule has 0 aromatic heterocycles. The average molecular weight is 315 g/mol. The highest BCUT2D eigenvalue weighted by Gasteiger charge is 2.17. The van der Waals surface area contributed by atoms with Crippen LogP contribution in [0.1, 0.15) is 17.3 Å². The van der Waals surface area contributed by atoms with Crippen LogP contribution in [0.15, 0.2) is 48.5 Å². The number of esters is 1. The number of benzene rings is 2. The molecule has 0 aliphatic rings. The molecule has 7 nitrogen and oxygen atoms in total. The summed E-state index contributed by atoms with van der Waals surface area (Å²) >= 11 is 0. The van der Waals surface area contributed by atoms with Gasteiger partial charge in [-0.2, -0.15) is 0 Å². The van der Waals surface area contributed by atoms with E-state index in [0.717, 1.165) is 0 Å². The van der Waals surface area contributed by atoms with Gasteiger partial charge in [0.1, 0.15) is 11.5 Å². The number of ketones is 1. The summed E-state index contributed by atoms with van der Waals surface area (Å²) in [6, 6.07) is 11.5. The van der Waals surface area contributed by atoms with Crippen LogP contribution in [-0.4, -0.2) is 23.3 Å². The van der Waals surface area contributed by atoms with Crippen LogP contribution >= 0.6 is 0 Å². The molecule has 0 saturated carbocycles. The van der Waals surface area contributed by atoms with Crippen molar-refractivity contribution in [1.82, 2.24) is 0 Å². The number of carbonyl (C=O) groups excluding carboxylic acids is 2. The second kappa shape index (κ2) is 7.17. The Morgan fingerprint density at radius 1 is 1.00 bits per heavy atom. The van der Waals surface area contributed by atoms with Crippen LogP contribution in [0, 0.1) is 10.1 Å². The molecule has 2 aromatic carbocycles. The monoisotopic (exact) mass is 315 g/mol. The fraction of sp³-hybridized carbons (Fsp3) is 0.125. The van der Waals surface area contributed by atoms with E-state index in [4.69, 9.17) is 4.74 Å². The molecule has 0 saturated heterocycles. The Morgan fingerprint density at radius 3 is 2.00 bits per heavy atom. The van der Waals surface area contributed by atoms with E-state index >= 15 is 0 Å². The fourth-order valence-electron chi connectivity index (χ4n) is 1.76. The number of non-ortho nitro benzene ring substituents is 1. The summed E-state index contributed by atoms with van der Waals surface area (Å²) in [4.78, 5) is 33.1. The molecule has 0 aliphatic carbocycles. The summed E-state index contributed by atoms with van der Waals surface area (Å²) in [5.74, 6) is -0.787. The minimum absolute atomic E-state index is 0.0345. The molecule has 118 valence electrons. The van der Waals surface area contributed by atoms with Crippen molar-refractivity contribution in [2.75, 3.05) is 6.61 Å². The highest BCUT2D eigenvalue weighted by molar-refractivity contribution is 6.40. The van der Waals surface area contributed by atoms with Crippen LogP contribution < -0.4 is 4.74 Å². The standard InChI is InChI=1S/C16H13NO6/c1-2-22-16(19)15(18)11-3-7-13(8-4-11)23-14-9-5-12(6-10-14)17(20)21/h3-10H,2H2,1H3. The molecular formula is C16H13NO6. The van der Waals surface area contributed by atoms with E-state index in [9.17, 15) is 19.7 Å². The van der Waals surface area contributed by atoms with Crippen molar-refractivity contribution < 1.29 is 24.0 Å². The number of nitrogens with zero attached hydrogens (tertiary/aromatic N) is 1. The first-order chi connectivity index (χ1) is 11.0. The van der Waals surface area contributed by atoms with Gasteiger partial charge in [-0.3, -0.25) is 14.9 Å². The van der Waals surface area contributed by atoms with E-state index in [2.05, 4.69) is 4.74 Å². The molecule has 7 heteroatoms. The molecule has 0 spiro atoms. The van der Waals surface area contributed by atoms with Crippen molar-refractivity contribution in [3.63, 3.8) is 0 Å². The largest absolute Gasteiger partial charge is 0.460 e. The van der Waals surface area contributed by atoms with Gasteiger partial charge in [0.05, 0.1) is 11.5 Å². The summed E-state index contributed by atoms with van der Waals surface area (Å²) in [7, 11) is 0. The van der Waals surface area contributed by atoms with Gasteiger partial charge in [0.25, 0.3) is 11.5 Å². The third kappa shape index (κ3) is 4.13. The first-order valence-corrected chi connectivity index (χ1v) is 6.75. The van der Waals surface area contributed by atoms with Gasteiger partial charge < -0.3 is 9.47 Å². The van der Waals surface area contributed by atoms with E-state index in [1.54, 1.807) is 6.92 Å². The molecule has 0 atom stereocenters. The lowest BCUT2D eigenvalue weighted by Gasteiger charge is -2.06. The molecule has 0 bridgehead atoms. The minimum Gasteiger partial charge on any atom is -0.460 e. The van der Waals surface area contributed by atoms with Gasteiger partial charge in [0.15, 0.2) is 0 Å². The predicted molar refractivity (Wildman–Crippen MR) is 80.6 cm³/mol. The predicted octanol–water partition coefficient (Wildman–Crippen LogP) is 3.13. The molecule has 0 unspecified atom stereocenters. The number of hydrogen-bond acceptors (Lipinski definition) is 6. The fourth-order valence-corrected chi connectivity index (χ4v) is 1.76. The zero-order chi connectivity index (χ0) is 16.8. The topological polar surface area (TPSA) is 95.7 Å². The van der Waals surface area contributed by atoms with Gasteiger partial charge in [-0.15, -0.1) is 0 Å². The Hall–Kier alpha value is -3.22. The van der Waals surface area contributed by atoms with E-state index < -0.39 is 16.7 Å². The lowest BCUT2D eigenvalue weighted by Crippen LogP contribution is -2.17. The van der Waals surface area contributed by atoms with Crippen molar-refractivity contribution >= 4 is 17.4 Å². The third-order valence-corrected chi connectivity index (χ3v) is 2.86. The zero-order valence-corrected chi connectivity index (χ0v) is 12.2. The van der Waals surface area contributed by atoms with E-state index in [1.807, 2.05) is 0 Å². The van der Waals surface area contributed by atoms with Crippen LogP contribution in [0.2, 0.25) is 0 Å². The summed E-state index contributed by atoms with van der Waals surface area (Å²) in [5.41, 5.74) is 0.159. The molecule has 23 heavy (non-hydrogen) atoms. The molecule has 2 aromatic rings. The van der Waals surface area contributed by atoms with Crippen LogP contribution in [0.3, 0.4) is 0 Å². The highest BCUT2D eigenvalue weighted by Crippen LogP contribution is 2.24. The first kappa shape index (κ1) is 16.2. The summed E-state index contributed by atoms with van der Waals surface area (Å²) in [6.07, 6.45) is 0. The molecule has 0 fully saturated rings. The molecule has 0 heterocycles. The Balaban J connectivity index is 2.06. The van der Waals surface area contributed by atoms with Crippen LogP contribution in [0.4, 0.5) is 5.69 Å². The number of hydrogen-bond donors (Lipinski definition) is 0. The first-order valence-electron chi connectivity index (χ1n) is 6.75. The summed E-state index contributed by atoms with van der Waals surface area (Å²) < 4.78 is 10.1. The smallest absolute Gasteiger partial charge is 0.379 e. The number of nitro benzene ring substituents is 1. The normalized spacial score (nSPS) is 9.96. The third-order valence-electron chi connectivity index (χ3n) is 2.86. The van der Waals surface area contributed by atoms with E-state index in [-0.39, 0.29) is 17.9 Å². The molecule has 0 radical (unpaired) electrons. The Kier molecular flexibility index (Phi) is 5.03. The maximum Gasteiger partial charge on any atom is 0.379 e. The maximum atomic E-state index is 11.7. The van der Waals surface area contributed by atoms with Gasteiger partial charge in [-0.25, -0.2) is 4.79 Å². The quantitative estimate of drug-likeness (QED) is 0.267. The number of Topliss-reactive ketones (excluding diaryl/α,β-unsaturated/α-hetero) is 1. The van der Waals surface area contributed by atoms with Gasteiger partial charge >= 0.3 is 5.97 Å². The summed E-state index contributed by atoms with van der Waals surface area (Å²) in [6.45, 7) is 1.75. The second-order valence-corrected chi connectivity index (χ2v) is 4.43. The SMILES string of the molecule is CCOC(=O)C(=O)c1ccc(Oc2ccc([N+](=O)[O-])cc2)cc1. The van der Waals surface area contributed by atoms with Crippen molar-refractivity contribution in [2.24, 2.45) is 0 Å². The van der Waals surface area contributed by atoms with Gasteiger partial charge in [-0.05, 0) is 43.3 Å². The molecule has 2 rings (SSSR count). The van der Waals surface area contributed by atoms with Crippen molar-refractivity contribution in [3.05, 3.63) is 64.2 Å². The van der Waals surface area contributed by atoms with Gasteiger partial charge in [0.2, 0.25) is 0 Å². The molecular weight excluding hydrogens is 302 g/mol. The number of rotatable bonds is 6. The Labute approximate surface area is 131 Å². The van der Waals surface area contributed by atoms with Crippen molar-refractivity contribution in [1.29, 1.82) is 0 Å². The lowest BCUT2D eigenvalue weighted by atomic mass is 10.1. The Morgan fingerprint density at radius 2 is 1.52 bits per heavy atom. The van der Waals surface area contributed by atoms with Crippen molar-refractivity contribution in [2.45, 2.75) is 6.92 Å².